The van der Waals surface area contributed by atoms with E-state index in [-0.39, 0.29) is 73.5 Å². The number of carboxylic acids is 1. The normalized spacial score (nSPS) is 28.2. The number of aliphatic hydroxyl groups is 2. The number of hydrazone groups is 1. The van der Waals surface area contributed by atoms with Crippen LogP contribution in [0.4, 0.5) is 15.8 Å². The Morgan fingerprint density at radius 1 is 0.897 bits per heavy atom. The minimum absolute atomic E-state index is 0.0215. The Balaban J connectivity index is 0.932. The summed E-state index contributed by atoms with van der Waals surface area (Å²) < 4.78 is 41.4. The van der Waals surface area contributed by atoms with Gasteiger partial charge in [-0.2, -0.15) is 5.10 Å². The second-order valence-corrected chi connectivity index (χ2v) is 25.3. The molecule has 0 radical (unpaired) electrons. The number of nitrogens with zero attached hydrogens (tertiary/aromatic N) is 5. The maximum atomic E-state index is 16.3. The predicted molar refractivity (Wildman–Crippen MR) is 323 cm³/mol. The fourth-order valence-corrected chi connectivity index (χ4v) is 14.2. The molecule has 2 aromatic carbocycles. The first-order valence-electron chi connectivity index (χ1n) is 30.1. The van der Waals surface area contributed by atoms with Crippen LogP contribution in [-0.4, -0.2) is 157 Å². The summed E-state index contributed by atoms with van der Waals surface area (Å²) in [5.41, 5.74) is 0.593. The summed E-state index contributed by atoms with van der Waals surface area (Å²) in [5.74, 6) is -10.4. The minimum atomic E-state index is -2.11. The molecule has 21 nitrogen and oxygen atoms in total. The number of fused-ring (bicyclic) bond motifs is 15. The molecule has 0 spiro atoms. The molecule has 4 fully saturated rings. The molecule has 1 amide bonds. The lowest BCUT2D eigenvalue weighted by atomic mass is 9.78. The molecule has 2 aliphatic carbocycles. The highest BCUT2D eigenvalue weighted by molar-refractivity contribution is 6.24. The van der Waals surface area contributed by atoms with Crippen molar-refractivity contribution in [2.45, 2.75) is 155 Å². The van der Waals surface area contributed by atoms with Gasteiger partial charge in [-0.25, -0.2) is 9.18 Å². The van der Waals surface area contributed by atoms with Crippen LogP contribution in [0.1, 0.15) is 142 Å². The molecular weight excluding hydrogens is 1120 g/mol. The lowest BCUT2D eigenvalue weighted by molar-refractivity contribution is -0.160. The van der Waals surface area contributed by atoms with Crippen LogP contribution in [0.2, 0.25) is 0 Å². The number of Topliss-reactive ketones (excluding diaryl/α,β-unsaturated/α-hetero) is 1. The van der Waals surface area contributed by atoms with Gasteiger partial charge in [-0.05, 0) is 108 Å². The first-order valence-corrected chi connectivity index (χ1v) is 30.1. The summed E-state index contributed by atoms with van der Waals surface area (Å²) >= 11 is 0. The third kappa shape index (κ3) is 11.2. The number of esters is 1. The zero-order valence-corrected chi connectivity index (χ0v) is 51.2. The van der Waals surface area contributed by atoms with Crippen molar-refractivity contribution in [1.29, 1.82) is 0 Å². The van der Waals surface area contributed by atoms with E-state index in [1.165, 1.54) is 69.9 Å². The van der Waals surface area contributed by atoms with Crippen molar-refractivity contribution in [3.63, 3.8) is 0 Å². The van der Waals surface area contributed by atoms with Crippen LogP contribution in [0.15, 0.2) is 58.3 Å². The van der Waals surface area contributed by atoms with Crippen LogP contribution in [0.25, 0.3) is 16.3 Å². The maximum absolute atomic E-state index is 16.3. The van der Waals surface area contributed by atoms with E-state index in [0.29, 0.717) is 55.8 Å². The molecule has 7 heterocycles. The summed E-state index contributed by atoms with van der Waals surface area (Å²) in [6.45, 7) is 16.5. The zero-order valence-electron chi connectivity index (χ0n) is 51.2. The Hall–Kier alpha value is -7.53. The Bertz CT molecular complexity index is 3640. The van der Waals surface area contributed by atoms with Gasteiger partial charge in [0.2, 0.25) is 0 Å². The Morgan fingerprint density at radius 2 is 1.59 bits per heavy atom. The van der Waals surface area contributed by atoms with Gasteiger partial charge in [-0.3, -0.25) is 33.5 Å². The molecule has 2 saturated carbocycles. The predicted octanol–water partition coefficient (Wildman–Crippen LogP) is 8.18. The van der Waals surface area contributed by atoms with Gasteiger partial charge in [0.05, 0.1) is 70.4 Å². The third-order valence-electron chi connectivity index (χ3n) is 19.8. The number of hydrogen-bond acceptors (Lipinski definition) is 18. The van der Waals surface area contributed by atoms with E-state index in [2.05, 4.69) is 22.2 Å². The number of carboxylic acid groups (broad SMARTS) is 1. The molecule has 10 unspecified atom stereocenters. The Morgan fingerprint density at radius 3 is 2.22 bits per heavy atom. The van der Waals surface area contributed by atoms with Gasteiger partial charge in [0.15, 0.2) is 11.6 Å². The summed E-state index contributed by atoms with van der Waals surface area (Å²) in [4.78, 5) is 71.4. The molecule has 5 aliphatic heterocycles. The highest BCUT2D eigenvalue weighted by Gasteiger charge is 2.56. The molecule has 4 aromatic rings. The fourth-order valence-electron chi connectivity index (χ4n) is 14.2. The number of carbonyl (C=O) groups is 4. The van der Waals surface area contributed by atoms with E-state index < -0.39 is 106 Å². The van der Waals surface area contributed by atoms with Gasteiger partial charge in [0.1, 0.15) is 28.9 Å². The van der Waals surface area contributed by atoms with E-state index in [4.69, 9.17) is 24.0 Å². The number of ketones is 1. The Labute approximate surface area is 504 Å². The number of aromatic carboxylic acids is 1. The van der Waals surface area contributed by atoms with Crippen LogP contribution in [0.5, 0.6) is 23.0 Å². The van der Waals surface area contributed by atoms with Crippen molar-refractivity contribution in [3.05, 3.63) is 98.0 Å². The second-order valence-electron chi connectivity index (χ2n) is 25.3. The average molecular weight is 1210 g/mol. The first kappa shape index (κ1) is 62.5. The number of pyridine rings is 2. The molecule has 11 rings (SSSR count). The van der Waals surface area contributed by atoms with Crippen LogP contribution in [0.3, 0.4) is 0 Å². The molecule has 2 saturated heterocycles. The minimum Gasteiger partial charge on any atom is -0.507 e. The third-order valence-corrected chi connectivity index (χ3v) is 19.8. The number of phenolic OH excluding ortho intramolecular Hbond substituents is 3. The number of carbonyl (C=O) groups excluding carboxylic acids is 3. The number of phenols is 3. The molecule has 10 atom stereocenters. The van der Waals surface area contributed by atoms with Crippen LogP contribution in [0, 0.1) is 49.3 Å². The van der Waals surface area contributed by atoms with Crippen molar-refractivity contribution in [2.75, 3.05) is 50.6 Å². The lowest BCUT2D eigenvalue weighted by Gasteiger charge is -2.42. The second kappa shape index (κ2) is 23.9. The first-order chi connectivity index (χ1) is 41.2. The SMILES string of the molecule is COC1C=COC2(C)Oc3c(C)c(O)c4c(O)c(c(C=NN5CCC(N(C)C6(C7CCN(c8c(F)cn9c(=O)c(C(=O)O)cc(C%10CC%10)c9c8C)C7)CC6)CC5)c(O)c4c3C2=O)NC(=O)C(C)=CC=CC(C)C(O)C(C)C(O)C(C)C(OC(C)=O)C1C. The topological polar surface area (TPSA) is 282 Å². The van der Waals surface area contributed by atoms with E-state index in [1.807, 2.05) is 11.9 Å². The van der Waals surface area contributed by atoms with Crippen LogP contribution < -0.4 is 20.5 Å². The van der Waals surface area contributed by atoms with Gasteiger partial charge >= 0.3 is 17.7 Å². The van der Waals surface area contributed by atoms with Gasteiger partial charge in [0.25, 0.3) is 17.2 Å². The van der Waals surface area contributed by atoms with Gasteiger partial charge < -0.3 is 59.8 Å². The van der Waals surface area contributed by atoms with Crippen molar-refractivity contribution in [2.24, 2.45) is 34.7 Å². The number of amides is 1. The van der Waals surface area contributed by atoms with Crippen molar-refractivity contribution >= 4 is 57.5 Å². The van der Waals surface area contributed by atoms with Crippen LogP contribution in [-0.2, 0) is 23.8 Å². The number of anilines is 2. The van der Waals surface area contributed by atoms with Crippen LogP contribution >= 0.6 is 0 Å². The average Bonchev–Trinajstić information content (AvgIpc) is 1.69. The smallest absolute Gasteiger partial charge is 0.341 e. The number of methoxy groups -OCH3 is 1. The van der Waals surface area contributed by atoms with E-state index in [9.17, 15) is 54.6 Å². The number of piperidine rings is 1. The maximum Gasteiger partial charge on any atom is 0.341 e. The standard InChI is InChI=1S/C65H81FN6O15/c1-31-13-12-14-32(2)61(80)68-50-44(56(77)47-48(57(50)78)55(76)37(7)59-49(47)60(79)64(9,87-59)85-26-20-46(84-11)33(3)58(86-38(8)73)36(6)54(75)35(5)53(31)74)28-67-71-24-18-41(19-25-71)69(10)65(21-22-65)40-17-23-70(29-40)52-34(4)51-42(39-15-16-39)27-43(63(82)83)62(81)72(51)30-45(52)66/h12-14,20,26-28,30-31,33,35-36,39-41,46,53-54,58,74-78H,15-19,21-25,29H2,1-11H3,(H,68,80)(H,82,83). The lowest BCUT2D eigenvalue weighted by Crippen LogP contribution is -2.50. The number of allylic oxidation sites excluding steroid dienone is 2. The van der Waals surface area contributed by atoms with E-state index >= 15 is 4.39 Å². The number of nitrogens with one attached hydrogen (secondary N) is 1. The van der Waals surface area contributed by atoms with Crippen molar-refractivity contribution < 1.29 is 73.2 Å². The molecule has 87 heavy (non-hydrogen) atoms. The number of aromatic hydroxyl groups is 3. The molecule has 22 heteroatoms. The number of rotatable bonds is 10. The molecular formula is C65H81FN6O15. The molecule has 7 N–H and O–H groups in total. The molecule has 468 valence electrons. The number of benzene rings is 2. The summed E-state index contributed by atoms with van der Waals surface area (Å²) in [6.07, 6.45) is 11.7. The number of halogens is 1. The highest BCUT2D eigenvalue weighted by Crippen LogP contribution is 2.56. The Kier molecular flexibility index (Phi) is 17.2. The number of aliphatic hydroxyl groups excluding tert-OH is 2. The molecule has 2 aromatic heterocycles. The molecule has 7 aliphatic rings. The largest absolute Gasteiger partial charge is 0.507 e. The quantitative estimate of drug-likeness (QED) is 0.0341. The number of ether oxygens (including phenoxy) is 4. The van der Waals surface area contributed by atoms with Gasteiger partial charge in [-0.15, -0.1) is 0 Å². The summed E-state index contributed by atoms with van der Waals surface area (Å²) in [7, 11) is 3.58. The summed E-state index contributed by atoms with van der Waals surface area (Å²) in [6, 6.07) is 1.62. The van der Waals surface area contributed by atoms with Gasteiger partial charge in [0, 0.05) is 98.9 Å². The number of hydrogen-bond donors (Lipinski definition) is 7. The number of aryl methyl sites for hydroxylation is 1. The monoisotopic (exact) mass is 1200 g/mol. The van der Waals surface area contributed by atoms with Gasteiger partial charge in [-0.1, -0.05) is 45.9 Å². The number of aromatic nitrogens is 1. The fraction of sp³-hybridized carbons (Fsp3) is 0.538. The highest BCUT2D eigenvalue weighted by atomic mass is 19.1. The molecule has 5 bridgehead atoms. The zero-order chi connectivity index (χ0) is 63.0. The van der Waals surface area contributed by atoms with Crippen molar-refractivity contribution in [1.82, 2.24) is 14.3 Å². The van der Waals surface area contributed by atoms with E-state index in [0.717, 1.165) is 43.9 Å². The summed E-state index contributed by atoms with van der Waals surface area (Å²) in [5, 5.41) is 78.5. The van der Waals surface area contributed by atoms with E-state index in [1.54, 1.807) is 39.8 Å². The van der Waals surface area contributed by atoms with Crippen molar-refractivity contribution in [3.8, 4) is 23.0 Å².